The van der Waals surface area contributed by atoms with Gasteiger partial charge in [0.15, 0.2) is 0 Å². The Morgan fingerprint density at radius 1 is 1.09 bits per heavy atom. The van der Waals surface area contributed by atoms with Gasteiger partial charge in [0.05, 0.1) is 37.3 Å². The molecule has 1 aliphatic rings. The first-order valence-corrected chi connectivity index (χ1v) is 15.7. The molecule has 1 saturated heterocycles. The number of amides is 3. The number of quaternary nitrogens is 1. The number of phenols is 1. The molecule has 2 atom stereocenters. The summed E-state index contributed by atoms with van der Waals surface area (Å²) in [7, 11) is 1.19. The van der Waals surface area contributed by atoms with Gasteiger partial charge in [-0.25, -0.2) is 14.4 Å². The van der Waals surface area contributed by atoms with Crippen LogP contribution in [-0.2, 0) is 32.1 Å². The second kappa shape index (κ2) is 15.9. The topological polar surface area (TPSA) is 186 Å². The van der Waals surface area contributed by atoms with Crippen LogP contribution < -0.4 is 15.4 Å². The van der Waals surface area contributed by atoms with E-state index < -0.39 is 39.4 Å². The van der Waals surface area contributed by atoms with E-state index in [9.17, 15) is 34.7 Å². The van der Waals surface area contributed by atoms with Crippen LogP contribution in [0.15, 0.2) is 71.2 Å². The van der Waals surface area contributed by atoms with E-state index in [4.69, 9.17) is 14.2 Å². The van der Waals surface area contributed by atoms with Crippen molar-refractivity contribution in [2.45, 2.75) is 37.2 Å². The number of ether oxygens (including phenoxy) is 3. The number of phenolic OH excluding ortho intramolecular Hbond substituents is 1. The Bertz CT molecular complexity index is 1570. The first-order chi connectivity index (χ1) is 22.0. The lowest BCUT2D eigenvalue weighted by atomic mass is 10.0. The number of nitrogens with one attached hydrogen (secondary N) is 2. The van der Waals surface area contributed by atoms with Gasteiger partial charge in [0.25, 0.3) is 0 Å². The Morgan fingerprint density at radius 2 is 1.85 bits per heavy atom. The maximum Gasteiger partial charge on any atom is 0.408 e. The molecule has 3 amide bonds. The zero-order valence-corrected chi connectivity index (χ0v) is 27.0. The zero-order valence-electron chi connectivity index (χ0n) is 24.6. The highest BCUT2D eigenvalue weighted by Gasteiger charge is 2.39. The van der Waals surface area contributed by atoms with Crippen LogP contribution in [0.3, 0.4) is 0 Å². The number of alkyl carbamates (subject to hydrolysis) is 1. The maximum absolute atomic E-state index is 13.2. The van der Waals surface area contributed by atoms with Crippen molar-refractivity contribution in [1.29, 1.82) is 0 Å². The molecule has 0 bridgehead atoms. The number of nitrogens with zero attached hydrogens (tertiary/aromatic N) is 1. The third kappa shape index (κ3) is 9.20. The molecule has 3 aromatic rings. The molecule has 1 aliphatic heterocycles. The number of hydrogen-bond acceptors (Lipinski definition) is 11. The van der Waals surface area contributed by atoms with Gasteiger partial charge >= 0.3 is 18.0 Å². The van der Waals surface area contributed by atoms with Crippen molar-refractivity contribution < 1.29 is 42.7 Å². The Morgan fingerprint density at radius 3 is 2.52 bits per heavy atom. The quantitative estimate of drug-likeness (QED) is 0.0725. The lowest BCUT2D eigenvalue weighted by Crippen LogP contribution is -2.48. The van der Waals surface area contributed by atoms with Crippen LogP contribution in [0.1, 0.15) is 45.1 Å². The number of rotatable bonds is 13. The summed E-state index contributed by atoms with van der Waals surface area (Å²) in [6.45, 7) is 0.245. The third-order valence-electron chi connectivity index (χ3n) is 6.88. The van der Waals surface area contributed by atoms with Gasteiger partial charge in [-0.15, -0.1) is 0 Å². The Hall–Kier alpha value is -4.15. The summed E-state index contributed by atoms with van der Waals surface area (Å²) < 4.78 is 13.9. The molecule has 0 aromatic heterocycles. The fourth-order valence-corrected chi connectivity index (χ4v) is 6.46. The molecule has 0 radical (unpaired) electrons. The molecule has 0 aliphatic carbocycles. The molecule has 3 N–H and O–H groups in total. The zero-order chi connectivity index (χ0) is 33.3. The second-order valence-corrected chi connectivity index (χ2v) is 12.3. The van der Waals surface area contributed by atoms with E-state index in [0.29, 0.717) is 34.0 Å². The van der Waals surface area contributed by atoms with Gasteiger partial charge < -0.3 is 40.4 Å². The number of aromatic hydroxyl groups is 1. The Kier molecular flexibility index (Phi) is 12.0. The molecular formula is C31H31BrN3O10S-. The predicted octanol–water partition coefficient (Wildman–Crippen LogP) is 4.80. The number of hydrogen-bond donors (Lipinski definition) is 3. The highest BCUT2D eigenvalue weighted by molar-refractivity contribution is 9.10. The van der Waals surface area contributed by atoms with E-state index in [0.717, 1.165) is 5.56 Å². The Labute approximate surface area is 277 Å². The lowest BCUT2D eigenvalue weighted by Gasteiger charge is -2.36. The van der Waals surface area contributed by atoms with Crippen molar-refractivity contribution >= 4 is 51.8 Å². The first-order valence-electron chi connectivity index (χ1n) is 14.1. The van der Waals surface area contributed by atoms with Gasteiger partial charge in [-0.3, -0.25) is 9.01 Å². The van der Waals surface area contributed by atoms with Crippen molar-refractivity contribution in [2.75, 3.05) is 20.3 Å². The number of methoxy groups -OCH3 is 1. The number of hydroxylamine groups is 2. The summed E-state index contributed by atoms with van der Waals surface area (Å²) in [5, 5.41) is 38.3. The van der Waals surface area contributed by atoms with Crippen molar-refractivity contribution in [2.24, 2.45) is 0 Å². The summed E-state index contributed by atoms with van der Waals surface area (Å²) >= 11 is 3.90. The number of esters is 1. The van der Waals surface area contributed by atoms with E-state index in [2.05, 4.69) is 26.6 Å². The smallest absolute Gasteiger partial charge is 0.408 e. The average molecular weight is 718 g/mol. The number of benzene rings is 3. The summed E-state index contributed by atoms with van der Waals surface area (Å²) in [6, 6.07) is 17.4. The van der Waals surface area contributed by atoms with Crippen molar-refractivity contribution in [3.8, 4) is 11.5 Å². The van der Waals surface area contributed by atoms with Crippen molar-refractivity contribution in [1.82, 2.24) is 10.6 Å². The van der Waals surface area contributed by atoms with Crippen LogP contribution >= 0.6 is 27.9 Å². The van der Waals surface area contributed by atoms with E-state index in [1.165, 1.54) is 25.3 Å². The molecule has 1 fully saturated rings. The SMILES string of the molecule is COC(=O)c1c(O)cccc1OCCCNC(=O)[C@H](Cc1ccc(C2CC(=O)[N+]([O-])([O-])S2)c(Br)c1)NC(=O)OCc1ccccc1. The first kappa shape index (κ1) is 34.7. The molecule has 15 heteroatoms. The standard InChI is InChI=1S/C31H31BrN3O10S/c1-43-30(39)28-24(36)9-5-10-25(28)44-14-6-13-33-29(38)23(34-31(40)45-18-19-7-3-2-4-8-19)16-20-11-12-21(22(32)15-20)26-17-27(37)35(41,42)46-26/h2-5,7-12,15,23,26,36H,6,13-14,16-18H2,1H3,(H,33,38)(H,34,40)/q-1/t23-,26?/m0/s1. The van der Waals surface area contributed by atoms with Gasteiger partial charge in [0.2, 0.25) is 5.91 Å². The van der Waals surface area contributed by atoms with Crippen molar-refractivity contribution in [3.63, 3.8) is 0 Å². The van der Waals surface area contributed by atoms with E-state index >= 15 is 0 Å². The monoisotopic (exact) mass is 716 g/mol. The fourth-order valence-electron chi connectivity index (χ4n) is 4.55. The predicted molar refractivity (Wildman–Crippen MR) is 171 cm³/mol. The van der Waals surface area contributed by atoms with Crippen LogP contribution in [0.2, 0.25) is 0 Å². The van der Waals surface area contributed by atoms with Crippen LogP contribution in [0.4, 0.5) is 4.79 Å². The molecule has 3 aromatic carbocycles. The van der Waals surface area contributed by atoms with Crippen LogP contribution in [-0.4, -0.2) is 59.5 Å². The minimum atomic E-state index is -2.25. The minimum Gasteiger partial charge on any atom is -0.612 e. The number of carbonyl (C=O) groups is 4. The molecule has 1 unspecified atom stereocenters. The summed E-state index contributed by atoms with van der Waals surface area (Å²) in [6.07, 6.45) is -0.616. The van der Waals surface area contributed by atoms with Crippen LogP contribution in [0.25, 0.3) is 0 Å². The van der Waals surface area contributed by atoms with E-state index in [-0.39, 0.29) is 49.7 Å². The third-order valence-corrected chi connectivity index (χ3v) is 8.72. The van der Waals surface area contributed by atoms with Crippen LogP contribution in [0, 0.1) is 10.4 Å². The molecular weight excluding hydrogens is 686 g/mol. The minimum absolute atomic E-state index is 0.00158. The highest BCUT2D eigenvalue weighted by Crippen LogP contribution is 2.48. The van der Waals surface area contributed by atoms with Gasteiger partial charge in [0.1, 0.15) is 29.7 Å². The van der Waals surface area contributed by atoms with Crippen molar-refractivity contribution in [3.05, 3.63) is 104 Å². The largest absolute Gasteiger partial charge is 0.612 e. The van der Waals surface area contributed by atoms with Gasteiger partial charge in [-0.2, -0.15) is 0 Å². The summed E-state index contributed by atoms with van der Waals surface area (Å²) in [5.74, 6) is -2.38. The lowest BCUT2D eigenvalue weighted by molar-refractivity contribution is -0.593. The molecule has 13 nitrogen and oxygen atoms in total. The fraction of sp³-hybridized carbons (Fsp3) is 0.290. The van der Waals surface area contributed by atoms with Gasteiger partial charge in [0, 0.05) is 17.4 Å². The number of halogens is 1. The normalized spacial score (nSPS) is 15.9. The van der Waals surface area contributed by atoms with Gasteiger partial charge in [-0.05, 0) is 41.3 Å². The van der Waals surface area contributed by atoms with Gasteiger partial charge in [-0.1, -0.05) is 64.5 Å². The Balaban J connectivity index is 1.38. The van der Waals surface area contributed by atoms with E-state index in [1.807, 2.05) is 18.2 Å². The summed E-state index contributed by atoms with van der Waals surface area (Å²) in [4.78, 5) is 49.7. The molecule has 244 valence electrons. The molecule has 1 heterocycles. The molecule has 4 rings (SSSR count). The second-order valence-electron chi connectivity index (χ2n) is 10.1. The van der Waals surface area contributed by atoms with E-state index in [1.54, 1.807) is 30.3 Å². The molecule has 0 spiro atoms. The molecule has 46 heavy (non-hydrogen) atoms. The van der Waals surface area contributed by atoms with Crippen LogP contribution in [0.5, 0.6) is 11.5 Å². The average Bonchev–Trinajstić information content (AvgIpc) is 3.30. The summed E-state index contributed by atoms with van der Waals surface area (Å²) in [5.41, 5.74) is 1.89. The maximum atomic E-state index is 13.2. The molecule has 0 saturated carbocycles. The number of carbonyl (C=O) groups excluding carboxylic acids is 4. The highest BCUT2D eigenvalue weighted by atomic mass is 79.9.